The van der Waals surface area contributed by atoms with Gasteiger partial charge in [-0.05, 0) is 117 Å². The minimum atomic E-state index is -0.355. The maximum atomic E-state index is 12.0. The van der Waals surface area contributed by atoms with Crippen molar-refractivity contribution in [1.29, 1.82) is 0 Å². The molecule has 0 aromatic carbocycles. The Labute approximate surface area is 217 Å². The van der Waals surface area contributed by atoms with Gasteiger partial charge in [0.2, 0.25) is 0 Å². The van der Waals surface area contributed by atoms with Crippen molar-refractivity contribution in [3.63, 3.8) is 0 Å². The molecule has 11 unspecified atom stereocenters. The standard InChI is InChI=1S/C31H48O5/c1-19-7-6-8-27(35-19)36-22-10-12-28(2)21(16-22)9-13-29(3)24(28)17-25(32)31(5)23(11-14-30(29,31)4)20-15-26(33)34-18-20/h15,19,21-25,27,32H,6-14,16-18H2,1-5H3. The van der Waals surface area contributed by atoms with Crippen molar-refractivity contribution in [2.45, 2.75) is 130 Å². The molecular weight excluding hydrogens is 452 g/mol. The van der Waals surface area contributed by atoms with E-state index in [-0.39, 0.29) is 45.9 Å². The van der Waals surface area contributed by atoms with Crippen LogP contribution in [0.5, 0.6) is 0 Å². The van der Waals surface area contributed by atoms with E-state index in [4.69, 9.17) is 14.2 Å². The molecule has 5 nitrogen and oxygen atoms in total. The summed E-state index contributed by atoms with van der Waals surface area (Å²) in [6, 6.07) is 0. The molecule has 4 aliphatic carbocycles. The third kappa shape index (κ3) is 3.40. The average molecular weight is 501 g/mol. The highest BCUT2D eigenvalue weighted by atomic mass is 16.7. The fraction of sp³-hybridized carbons (Fsp3) is 0.903. The van der Waals surface area contributed by atoms with Gasteiger partial charge in [-0.3, -0.25) is 0 Å². The Bertz CT molecular complexity index is 930. The van der Waals surface area contributed by atoms with Crippen molar-refractivity contribution in [2.24, 2.45) is 39.4 Å². The number of aliphatic hydroxyl groups excluding tert-OH is 1. The van der Waals surface area contributed by atoms with Gasteiger partial charge in [0.1, 0.15) is 6.61 Å². The molecule has 1 saturated heterocycles. The first-order chi connectivity index (χ1) is 17.0. The highest BCUT2D eigenvalue weighted by Crippen LogP contribution is 2.78. The van der Waals surface area contributed by atoms with Crippen molar-refractivity contribution in [3.05, 3.63) is 11.6 Å². The number of ether oxygens (including phenoxy) is 3. The molecule has 2 aliphatic heterocycles. The first-order valence-electron chi connectivity index (χ1n) is 14.9. The zero-order valence-electron chi connectivity index (χ0n) is 23.2. The van der Waals surface area contributed by atoms with Crippen molar-refractivity contribution in [2.75, 3.05) is 6.61 Å². The van der Waals surface area contributed by atoms with Crippen LogP contribution in [-0.4, -0.2) is 42.3 Å². The van der Waals surface area contributed by atoms with Crippen LogP contribution in [0, 0.1) is 39.4 Å². The summed E-state index contributed by atoms with van der Waals surface area (Å²) >= 11 is 0. The van der Waals surface area contributed by atoms with Gasteiger partial charge in [-0.25, -0.2) is 4.79 Å². The van der Waals surface area contributed by atoms with Crippen LogP contribution >= 0.6 is 0 Å². The molecule has 202 valence electrons. The van der Waals surface area contributed by atoms with Gasteiger partial charge in [-0.2, -0.15) is 0 Å². The summed E-state index contributed by atoms with van der Waals surface area (Å²) in [5, 5.41) is 12.0. The van der Waals surface area contributed by atoms with E-state index >= 15 is 0 Å². The van der Waals surface area contributed by atoms with Crippen LogP contribution in [0.2, 0.25) is 0 Å². The second-order valence-electron chi connectivity index (χ2n) is 14.3. The molecule has 0 aromatic heterocycles. The van der Waals surface area contributed by atoms with Crippen molar-refractivity contribution in [1.82, 2.24) is 0 Å². The van der Waals surface area contributed by atoms with E-state index < -0.39 is 0 Å². The van der Waals surface area contributed by atoms with Crippen LogP contribution in [0.3, 0.4) is 0 Å². The zero-order valence-corrected chi connectivity index (χ0v) is 23.2. The third-order valence-corrected chi connectivity index (χ3v) is 13.2. The summed E-state index contributed by atoms with van der Waals surface area (Å²) in [4.78, 5) is 11.9. The molecule has 0 spiro atoms. The predicted molar refractivity (Wildman–Crippen MR) is 138 cm³/mol. The molecule has 4 saturated carbocycles. The van der Waals surface area contributed by atoms with Crippen molar-refractivity contribution >= 4 is 5.97 Å². The number of hydrogen-bond acceptors (Lipinski definition) is 5. The lowest BCUT2D eigenvalue weighted by Crippen LogP contribution is -2.67. The molecule has 0 amide bonds. The van der Waals surface area contributed by atoms with Gasteiger partial charge < -0.3 is 19.3 Å². The summed E-state index contributed by atoms with van der Waals surface area (Å²) in [5.41, 5.74) is 1.34. The van der Waals surface area contributed by atoms with Crippen molar-refractivity contribution in [3.8, 4) is 0 Å². The lowest BCUT2D eigenvalue weighted by atomic mass is 9.34. The fourth-order valence-electron chi connectivity index (χ4n) is 10.8. The summed E-state index contributed by atoms with van der Waals surface area (Å²) < 4.78 is 18.0. The summed E-state index contributed by atoms with van der Waals surface area (Å²) in [6.07, 6.45) is 14.3. The largest absolute Gasteiger partial charge is 0.458 e. The lowest BCUT2D eigenvalue weighted by Gasteiger charge is -2.71. The molecule has 2 heterocycles. The number of fused-ring (bicyclic) bond motifs is 5. The topological polar surface area (TPSA) is 65.0 Å². The summed E-state index contributed by atoms with van der Waals surface area (Å²) in [7, 11) is 0. The Balaban J connectivity index is 1.24. The molecule has 0 bridgehead atoms. The highest BCUT2D eigenvalue weighted by Gasteiger charge is 2.73. The van der Waals surface area contributed by atoms with Crippen LogP contribution in [0.15, 0.2) is 11.6 Å². The van der Waals surface area contributed by atoms with E-state index in [0.717, 1.165) is 50.5 Å². The summed E-state index contributed by atoms with van der Waals surface area (Å²) in [6.45, 7) is 12.5. The quantitative estimate of drug-likeness (QED) is 0.370. The number of hydrogen-bond donors (Lipinski definition) is 1. The van der Waals surface area contributed by atoms with Crippen LogP contribution in [-0.2, 0) is 19.0 Å². The fourth-order valence-corrected chi connectivity index (χ4v) is 10.8. The smallest absolute Gasteiger partial charge is 0.331 e. The number of carbonyl (C=O) groups excluding carboxylic acids is 1. The van der Waals surface area contributed by atoms with Gasteiger partial charge in [0.15, 0.2) is 6.29 Å². The Morgan fingerprint density at radius 1 is 1.00 bits per heavy atom. The van der Waals surface area contributed by atoms with E-state index in [1.807, 2.05) is 0 Å². The van der Waals surface area contributed by atoms with Gasteiger partial charge >= 0.3 is 5.97 Å². The Morgan fingerprint density at radius 3 is 2.53 bits per heavy atom. The van der Waals surface area contributed by atoms with Gasteiger partial charge in [0.25, 0.3) is 0 Å². The maximum absolute atomic E-state index is 12.0. The first kappa shape index (κ1) is 25.4. The molecule has 11 atom stereocenters. The molecule has 6 rings (SSSR count). The Hall–Kier alpha value is -0.910. The second kappa shape index (κ2) is 8.55. The maximum Gasteiger partial charge on any atom is 0.331 e. The molecule has 1 N–H and O–H groups in total. The Morgan fingerprint density at radius 2 is 1.81 bits per heavy atom. The lowest BCUT2D eigenvalue weighted by molar-refractivity contribution is -0.261. The molecular formula is C31H48O5. The third-order valence-electron chi connectivity index (χ3n) is 13.2. The van der Waals surface area contributed by atoms with E-state index in [0.29, 0.717) is 30.7 Å². The highest BCUT2D eigenvalue weighted by molar-refractivity contribution is 5.85. The van der Waals surface area contributed by atoms with Crippen LogP contribution in [0.4, 0.5) is 0 Å². The normalized spacial score (nSPS) is 54.8. The Kier molecular flexibility index (Phi) is 6.02. The monoisotopic (exact) mass is 500 g/mol. The van der Waals surface area contributed by atoms with Gasteiger partial charge in [-0.1, -0.05) is 27.7 Å². The number of aliphatic hydroxyl groups is 1. The number of rotatable bonds is 3. The number of cyclic esters (lactones) is 1. The predicted octanol–water partition coefficient (Wildman–Crippen LogP) is 6.18. The number of carbonyl (C=O) groups is 1. The van der Waals surface area contributed by atoms with E-state index in [9.17, 15) is 9.90 Å². The molecule has 6 aliphatic rings. The minimum Gasteiger partial charge on any atom is -0.458 e. The van der Waals surface area contributed by atoms with Crippen LogP contribution in [0.25, 0.3) is 0 Å². The van der Waals surface area contributed by atoms with E-state index in [1.54, 1.807) is 6.08 Å². The van der Waals surface area contributed by atoms with Crippen LogP contribution < -0.4 is 0 Å². The molecule has 36 heavy (non-hydrogen) atoms. The van der Waals surface area contributed by atoms with E-state index in [1.165, 1.54) is 25.7 Å². The van der Waals surface area contributed by atoms with Crippen molar-refractivity contribution < 1.29 is 24.1 Å². The first-order valence-corrected chi connectivity index (χ1v) is 14.9. The molecule has 5 heteroatoms. The molecule has 0 radical (unpaired) electrons. The molecule has 0 aromatic rings. The minimum absolute atomic E-state index is 0.0238. The molecule has 5 fully saturated rings. The van der Waals surface area contributed by atoms with E-state index in [2.05, 4.69) is 34.6 Å². The zero-order chi connectivity index (χ0) is 25.5. The SMILES string of the molecule is CC1CCCC(OC2CCC3(C)C(CCC4(C)C3CC(O)C3(C)C(C5=CC(=O)OC5)CCC43C)C2)O1. The average Bonchev–Trinajstić information content (AvgIpc) is 3.38. The second-order valence-corrected chi connectivity index (χ2v) is 14.3. The summed E-state index contributed by atoms with van der Waals surface area (Å²) in [5.74, 6) is 1.18. The van der Waals surface area contributed by atoms with Gasteiger partial charge in [0, 0.05) is 11.5 Å². The van der Waals surface area contributed by atoms with Gasteiger partial charge in [-0.15, -0.1) is 0 Å². The van der Waals surface area contributed by atoms with Gasteiger partial charge in [0.05, 0.1) is 18.3 Å². The van der Waals surface area contributed by atoms with Crippen LogP contribution in [0.1, 0.15) is 105 Å². The number of esters is 1.